The highest BCUT2D eigenvalue weighted by Crippen LogP contribution is 2.19. The van der Waals surface area contributed by atoms with Crippen LogP contribution in [0.1, 0.15) is 37.0 Å². The van der Waals surface area contributed by atoms with Gasteiger partial charge in [0.05, 0.1) is 5.41 Å². The second-order valence-electron chi connectivity index (χ2n) is 6.37. The van der Waals surface area contributed by atoms with Gasteiger partial charge in [-0.15, -0.1) is 0 Å². The summed E-state index contributed by atoms with van der Waals surface area (Å²) in [5.74, 6) is -1.77. The first-order valence-corrected chi connectivity index (χ1v) is 8.06. The Balaban J connectivity index is 2.44. The molecule has 0 aliphatic heterocycles. The molecule has 0 heterocycles. The number of aliphatic carboxylic acids is 1. The van der Waals surface area contributed by atoms with Crippen molar-refractivity contribution in [2.45, 2.75) is 26.7 Å². The summed E-state index contributed by atoms with van der Waals surface area (Å²) in [5, 5.41) is 16.7. The molecule has 1 aromatic rings. The normalized spacial score (nSPS) is 10.7. The fraction of sp³-hybridized carbons (Fsp3) is 0.412. The number of nitrogens with one attached hydrogen (secondary N) is 3. The summed E-state index contributed by atoms with van der Waals surface area (Å²) in [7, 11) is 0. The molecule has 0 aliphatic rings. The summed E-state index contributed by atoms with van der Waals surface area (Å²) in [5.41, 5.74) is 4.93. The number of hydrogen-bond donors (Lipinski definition) is 5. The highest BCUT2D eigenvalue weighted by molar-refractivity contribution is 5.95. The van der Waals surface area contributed by atoms with E-state index < -0.39 is 23.3 Å². The Hall–Kier alpha value is -3.10. The number of primary amides is 1. The van der Waals surface area contributed by atoms with Gasteiger partial charge in [0.2, 0.25) is 5.91 Å². The number of rotatable bonds is 9. The molecular weight excluding hydrogens is 340 g/mol. The van der Waals surface area contributed by atoms with Crippen molar-refractivity contribution in [2.75, 3.05) is 18.4 Å². The number of carbonyl (C=O) groups excluding carboxylic acids is 3. The number of carboxylic acid groups (broad SMARTS) is 1. The monoisotopic (exact) mass is 364 g/mol. The van der Waals surface area contributed by atoms with E-state index in [1.54, 1.807) is 26.0 Å². The van der Waals surface area contributed by atoms with Crippen molar-refractivity contribution in [1.82, 2.24) is 10.6 Å². The SMILES string of the molecule is CC(C)(CCNC(=O)Nc1ccc(C(=O)NCCC(N)=O)cc1)C(=O)O. The third-order valence-electron chi connectivity index (χ3n) is 3.68. The van der Waals surface area contributed by atoms with Crippen LogP contribution in [-0.4, -0.2) is 42.0 Å². The fourth-order valence-corrected chi connectivity index (χ4v) is 1.88. The Labute approximate surface area is 151 Å². The highest BCUT2D eigenvalue weighted by atomic mass is 16.4. The predicted octanol–water partition coefficient (Wildman–Crippen LogP) is 0.914. The van der Waals surface area contributed by atoms with Crippen molar-refractivity contribution < 1.29 is 24.3 Å². The molecule has 0 aromatic heterocycles. The van der Waals surface area contributed by atoms with Crippen LogP contribution in [-0.2, 0) is 9.59 Å². The van der Waals surface area contributed by atoms with Crippen molar-refractivity contribution in [3.8, 4) is 0 Å². The summed E-state index contributed by atoms with van der Waals surface area (Å²) in [6.07, 6.45) is 0.352. The van der Waals surface area contributed by atoms with Gasteiger partial charge in [-0.05, 0) is 44.5 Å². The largest absolute Gasteiger partial charge is 0.481 e. The molecule has 142 valence electrons. The number of nitrogens with two attached hydrogens (primary N) is 1. The van der Waals surface area contributed by atoms with Gasteiger partial charge in [0.15, 0.2) is 0 Å². The highest BCUT2D eigenvalue weighted by Gasteiger charge is 2.26. The van der Waals surface area contributed by atoms with Gasteiger partial charge in [0, 0.05) is 30.8 Å². The Morgan fingerprint density at radius 3 is 2.19 bits per heavy atom. The summed E-state index contributed by atoms with van der Waals surface area (Å²) < 4.78 is 0. The van der Waals surface area contributed by atoms with Crippen LogP contribution in [0.5, 0.6) is 0 Å². The van der Waals surface area contributed by atoms with E-state index in [2.05, 4.69) is 16.0 Å². The molecule has 1 rings (SSSR count). The Kier molecular flexibility index (Phi) is 7.57. The number of anilines is 1. The first kappa shape index (κ1) is 20.9. The average molecular weight is 364 g/mol. The molecule has 4 amide bonds. The number of urea groups is 1. The zero-order valence-electron chi connectivity index (χ0n) is 14.8. The molecule has 1 aromatic carbocycles. The lowest BCUT2D eigenvalue weighted by Gasteiger charge is -2.19. The lowest BCUT2D eigenvalue weighted by atomic mass is 9.90. The minimum absolute atomic E-state index is 0.0598. The Morgan fingerprint density at radius 1 is 1.04 bits per heavy atom. The predicted molar refractivity (Wildman–Crippen MR) is 95.6 cm³/mol. The zero-order chi connectivity index (χ0) is 19.7. The van der Waals surface area contributed by atoms with Crippen molar-refractivity contribution in [2.24, 2.45) is 11.1 Å². The van der Waals surface area contributed by atoms with Gasteiger partial charge in [0.25, 0.3) is 5.91 Å². The maximum atomic E-state index is 11.8. The first-order valence-electron chi connectivity index (χ1n) is 8.06. The lowest BCUT2D eigenvalue weighted by Crippen LogP contribution is -2.34. The van der Waals surface area contributed by atoms with E-state index in [0.717, 1.165) is 0 Å². The van der Waals surface area contributed by atoms with E-state index in [-0.39, 0.29) is 25.4 Å². The minimum Gasteiger partial charge on any atom is -0.481 e. The maximum absolute atomic E-state index is 11.8. The van der Waals surface area contributed by atoms with Gasteiger partial charge in [0.1, 0.15) is 0 Å². The summed E-state index contributed by atoms with van der Waals surface area (Å²) in [4.78, 5) is 45.3. The van der Waals surface area contributed by atoms with Crippen molar-refractivity contribution in [3.63, 3.8) is 0 Å². The van der Waals surface area contributed by atoms with E-state index >= 15 is 0 Å². The number of carboxylic acids is 1. The van der Waals surface area contributed by atoms with E-state index in [1.807, 2.05) is 0 Å². The molecule has 9 heteroatoms. The van der Waals surface area contributed by atoms with E-state index in [0.29, 0.717) is 17.7 Å². The van der Waals surface area contributed by atoms with Gasteiger partial charge in [-0.25, -0.2) is 4.79 Å². The maximum Gasteiger partial charge on any atom is 0.319 e. The van der Waals surface area contributed by atoms with Gasteiger partial charge < -0.3 is 26.8 Å². The van der Waals surface area contributed by atoms with E-state index in [1.165, 1.54) is 12.1 Å². The van der Waals surface area contributed by atoms with Crippen LogP contribution in [0.4, 0.5) is 10.5 Å². The average Bonchev–Trinajstić information content (AvgIpc) is 2.54. The number of benzene rings is 1. The molecule has 0 bridgehead atoms. The zero-order valence-corrected chi connectivity index (χ0v) is 14.8. The van der Waals surface area contributed by atoms with Crippen LogP contribution in [0.25, 0.3) is 0 Å². The van der Waals surface area contributed by atoms with Crippen LogP contribution in [0.15, 0.2) is 24.3 Å². The lowest BCUT2D eigenvalue weighted by molar-refractivity contribution is -0.147. The van der Waals surface area contributed by atoms with Gasteiger partial charge in [-0.3, -0.25) is 14.4 Å². The van der Waals surface area contributed by atoms with Crippen LogP contribution >= 0.6 is 0 Å². The Morgan fingerprint density at radius 2 is 1.65 bits per heavy atom. The molecule has 0 atom stereocenters. The van der Waals surface area contributed by atoms with Gasteiger partial charge >= 0.3 is 12.0 Å². The molecule has 0 radical (unpaired) electrons. The number of carbonyl (C=O) groups is 4. The van der Waals surface area contributed by atoms with Crippen molar-refractivity contribution >= 4 is 29.5 Å². The second-order valence-corrected chi connectivity index (χ2v) is 6.37. The third kappa shape index (κ3) is 7.20. The first-order chi connectivity index (χ1) is 12.1. The molecule has 9 nitrogen and oxygen atoms in total. The number of hydrogen-bond acceptors (Lipinski definition) is 4. The smallest absolute Gasteiger partial charge is 0.319 e. The molecule has 0 unspecified atom stereocenters. The fourth-order valence-electron chi connectivity index (χ4n) is 1.88. The third-order valence-corrected chi connectivity index (χ3v) is 3.68. The summed E-state index contributed by atoms with van der Waals surface area (Å²) in [6, 6.07) is 5.71. The van der Waals surface area contributed by atoms with E-state index in [4.69, 9.17) is 10.8 Å². The van der Waals surface area contributed by atoms with Crippen LogP contribution in [0, 0.1) is 5.41 Å². The molecule has 6 N–H and O–H groups in total. The quantitative estimate of drug-likeness (QED) is 0.441. The topological polar surface area (TPSA) is 151 Å². The number of amides is 4. The molecule has 26 heavy (non-hydrogen) atoms. The summed E-state index contributed by atoms with van der Waals surface area (Å²) in [6.45, 7) is 3.54. The van der Waals surface area contributed by atoms with Crippen molar-refractivity contribution in [1.29, 1.82) is 0 Å². The Bertz CT molecular complexity index is 670. The molecule has 0 saturated heterocycles. The molecule has 0 aliphatic carbocycles. The van der Waals surface area contributed by atoms with Crippen LogP contribution < -0.4 is 21.7 Å². The molecular formula is C17H24N4O5. The standard InChI is InChI=1S/C17H24N4O5/c1-17(2,15(24)25)8-10-20-16(26)21-12-5-3-11(4-6-12)14(23)19-9-7-13(18)22/h3-6H,7-10H2,1-2H3,(H2,18,22)(H,19,23)(H,24,25)(H2,20,21,26). The minimum atomic E-state index is -0.926. The second kappa shape index (κ2) is 9.40. The van der Waals surface area contributed by atoms with Crippen LogP contribution in [0.2, 0.25) is 0 Å². The van der Waals surface area contributed by atoms with E-state index in [9.17, 15) is 19.2 Å². The van der Waals surface area contributed by atoms with Crippen LogP contribution in [0.3, 0.4) is 0 Å². The van der Waals surface area contributed by atoms with Gasteiger partial charge in [-0.2, -0.15) is 0 Å². The molecule has 0 saturated carbocycles. The molecule has 0 spiro atoms. The summed E-state index contributed by atoms with van der Waals surface area (Å²) >= 11 is 0. The molecule has 0 fully saturated rings. The van der Waals surface area contributed by atoms with Gasteiger partial charge in [-0.1, -0.05) is 0 Å². The van der Waals surface area contributed by atoms with Crippen molar-refractivity contribution in [3.05, 3.63) is 29.8 Å².